The predicted molar refractivity (Wildman–Crippen MR) is 74.6 cm³/mol. The molecule has 2 aromatic rings. The minimum Gasteiger partial charge on any atom is -0.473 e. The quantitative estimate of drug-likeness (QED) is 0.667. The van der Waals surface area contributed by atoms with Crippen molar-refractivity contribution in [3.8, 4) is 5.88 Å². The Labute approximate surface area is 128 Å². The molecule has 1 heterocycles. The van der Waals surface area contributed by atoms with E-state index in [1.165, 1.54) is 12.1 Å². The summed E-state index contributed by atoms with van der Waals surface area (Å²) in [7, 11) is 0. The summed E-state index contributed by atoms with van der Waals surface area (Å²) in [5, 5.41) is 13.7. The van der Waals surface area contributed by atoms with Gasteiger partial charge in [0.25, 0.3) is 5.88 Å². The van der Waals surface area contributed by atoms with Gasteiger partial charge in [-0.25, -0.2) is 4.98 Å². The van der Waals surface area contributed by atoms with Gasteiger partial charge in [0.05, 0.1) is 17.1 Å². The van der Waals surface area contributed by atoms with Gasteiger partial charge < -0.3 is 10.1 Å². The average molecular weight is 328 g/mol. The van der Waals surface area contributed by atoms with Gasteiger partial charge >= 0.3 is 11.9 Å². The normalized spacial score (nSPS) is 11.1. The van der Waals surface area contributed by atoms with E-state index >= 15 is 0 Å². The Morgan fingerprint density at radius 3 is 2.70 bits per heavy atom. The molecule has 0 atom stereocenters. The van der Waals surface area contributed by atoms with Crippen LogP contribution in [0.15, 0.2) is 30.6 Å². The average Bonchev–Trinajstić information content (AvgIpc) is 2.47. The summed E-state index contributed by atoms with van der Waals surface area (Å²) >= 11 is 0. The van der Waals surface area contributed by atoms with Gasteiger partial charge in [0.15, 0.2) is 0 Å². The minimum absolute atomic E-state index is 0.00377. The van der Waals surface area contributed by atoms with Crippen LogP contribution in [0.5, 0.6) is 5.88 Å². The smallest absolute Gasteiger partial charge is 0.416 e. The van der Waals surface area contributed by atoms with Crippen molar-refractivity contribution in [1.82, 2.24) is 9.97 Å². The molecule has 0 unspecified atom stereocenters. The van der Waals surface area contributed by atoms with E-state index in [1.54, 1.807) is 6.92 Å². The lowest BCUT2D eigenvalue weighted by molar-refractivity contribution is -0.385. The van der Waals surface area contributed by atoms with Crippen molar-refractivity contribution in [2.24, 2.45) is 0 Å². The van der Waals surface area contributed by atoms with Gasteiger partial charge in [-0.3, -0.25) is 10.1 Å². The van der Waals surface area contributed by atoms with Gasteiger partial charge in [0.2, 0.25) is 5.82 Å². The topological polar surface area (TPSA) is 90.2 Å². The molecule has 0 spiro atoms. The lowest BCUT2D eigenvalue weighted by Gasteiger charge is -2.11. The first-order valence-electron chi connectivity index (χ1n) is 6.39. The number of hydrogen-bond acceptors (Lipinski definition) is 6. The zero-order valence-corrected chi connectivity index (χ0v) is 11.8. The number of nitro groups is 1. The first-order valence-corrected chi connectivity index (χ1v) is 6.39. The second-order valence-electron chi connectivity index (χ2n) is 4.27. The Kier molecular flexibility index (Phi) is 4.63. The van der Waals surface area contributed by atoms with Crippen LogP contribution in [0.1, 0.15) is 12.5 Å². The predicted octanol–water partition coefficient (Wildman–Crippen LogP) is 3.55. The van der Waals surface area contributed by atoms with Gasteiger partial charge in [-0.1, -0.05) is 6.07 Å². The number of ether oxygens (including phenoxy) is 1. The molecule has 0 amide bonds. The molecule has 7 nitrogen and oxygen atoms in total. The van der Waals surface area contributed by atoms with Gasteiger partial charge in [-0.2, -0.15) is 18.2 Å². The molecule has 0 radical (unpaired) electrons. The van der Waals surface area contributed by atoms with E-state index in [1.807, 2.05) is 0 Å². The van der Waals surface area contributed by atoms with Crippen LogP contribution in [0.25, 0.3) is 0 Å². The second kappa shape index (κ2) is 6.46. The molecule has 0 fully saturated rings. The zero-order chi connectivity index (χ0) is 17.0. The first kappa shape index (κ1) is 16.5. The molecule has 0 bridgehead atoms. The van der Waals surface area contributed by atoms with E-state index in [2.05, 4.69) is 15.3 Å². The van der Waals surface area contributed by atoms with Crippen LogP contribution in [0.3, 0.4) is 0 Å². The van der Waals surface area contributed by atoms with E-state index in [0.717, 1.165) is 18.5 Å². The SMILES string of the molecule is CCOc1ncnc(Nc2cccc(C(F)(F)F)c2)c1[N+](=O)[O-]. The van der Waals surface area contributed by atoms with Gasteiger partial charge in [-0.15, -0.1) is 0 Å². The van der Waals surface area contributed by atoms with Crippen molar-refractivity contribution in [3.05, 3.63) is 46.3 Å². The number of anilines is 2. The van der Waals surface area contributed by atoms with Crippen molar-refractivity contribution in [1.29, 1.82) is 0 Å². The van der Waals surface area contributed by atoms with Crippen molar-refractivity contribution in [2.45, 2.75) is 13.1 Å². The van der Waals surface area contributed by atoms with Gasteiger partial charge in [-0.05, 0) is 25.1 Å². The maximum absolute atomic E-state index is 12.7. The van der Waals surface area contributed by atoms with Crippen LogP contribution in [-0.4, -0.2) is 21.5 Å². The fourth-order valence-electron chi connectivity index (χ4n) is 1.77. The first-order chi connectivity index (χ1) is 10.8. The van der Waals surface area contributed by atoms with E-state index in [-0.39, 0.29) is 24.0 Å². The number of nitrogens with zero attached hydrogens (tertiary/aromatic N) is 3. The summed E-state index contributed by atoms with van der Waals surface area (Å²) in [6.07, 6.45) is -3.50. The van der Waals surface area contributed by atoms with Gasteiger partial charge in [0.1, 0.15) is 6.33 Å². The highest BCUT2D eigenvalue weighted by molar-refractivity contribution is 5.68. The van der Waals surface area contributed by atoms with E-state index in [0.29, 0.717) is 0 Å². The van der Waals surface area contributed by atoms with Crippen LogP contribution in [0.2, 0.25) is 0 Å². The summed E-state index contributed by atoms with van der Waals surface area (Å²) in [5.74, 6) is -0.519. The number of halogens is 3. The summed E-state index contributed by atoms with van der Waals surface area (Å²) < 4.78 is 43.1. The van der Waals surface area contributed by atoms with E-state index < -0.39 is 22.4 Å². The Balaban J connectivity index is 2.41. The molecule has 0 saturated carbocycles. The highest BCUT2D eigenvalue weighted by Gasteiger charge is 2.31. The summed E-state index contributed by atoms with van der Waals surface area (Å²) in [6.45, 7) is 1.76. The number of rotatable bonds is 5. The van der Waals surface area contributed by atoms with Crippen LogP contribution >= 0.6 is 0 Å². The summed E-state index contributed by atoms with van der Waals surface area (Å²) in [5.41, 5.74) is -1.43. The van der Waals surface area contributed by atoms with Crippen LogP contribution in [0.4, 0.5) is 30.4 Å². The summed E-state index contributed by atoms with van der Waals surface area (Å²) in [4.78, 5) is 17.8. The molecular formula is C13H11F3N4O3. The molecule has 122 valence electrons. The monoisotopic (exact) mass is 328 g/mol. The molecule has 2 rings (SSSR count). The number of nitrogens with one attached hydrogen (secondary N) is 1. The molecule has 0 aliphatic carbocycles. The largest absolute Gasteiger partial charge is 0.473 e. The van der Waals surface area contributed by atoms with Crippen LogP contribution in [0, 0.1) is 10.1 Å². The summed E-state index contributed by atoms with van der Waals surface area (Å²) in [6, 6.07) is 4.24. The molecule has 0 saturated heterocycles. The fourth-order valence-corrected chi connectivity index (χ4v) is 1.77. The van der Waals surface area contributed by atoms with Crippen molar-refractivity contribution in [3.63, 3.8) is 0 Å². The van der Waals surface area contributed by atoms with Crippen LogP contribution in [-0.2, 0) is 6.18 Å². The fraction of sp³-hybridized carbons (Fsp3) is 0.231. The third kappa shape index (κ3) is 3.84. The molecule has 1 N–H and O–H groups in total. The lowest BCUT2D eigenvalue weighted by Crippen LogP contribution is -2.07. The molecule has 1 aromatic carbocycles. The minimum atomic E-state index is -4.52. The van der Waals surface area contributed by atoms with E-state index in [4.69, 9.17) is 4.74 Å². The third-order valence-electron chi connectivity index (χ3n) is 2.70. The molecule has 1 aromatic heterocycles. The van der Waals surface area contributed by atoms with Crippen LogP contribution < -0.4 is 10.1 Å². The Morgan fingerprint density at radius 2 is 2.09 bits per heavy atom. The number of alkyl halides is 3. The molecule has 0 aliphatic rings. The zero-order valence-electron chi connectivity index (χ0n) is 11.8. The Bertz CT molecular complexity index is 722. The number of aromatic nitrogens is 2. The highest BCUT2D eigenvalue weighted by atomic mass is 19.4. The van der Waals surface area contributed by atoms with Crippen molar-refractivity contribution < 1.29 is 22.8 Å². The molecular weight excluding hydrogens is 317 g/mol. The maximum Gasteiger partial charge on any atom is 0.416 e. The van der Waals surface area contributed by atoms with Crippen molar-refractivity contribution >= 4 is 17.2 Å². The standard InChI is InChI=1S/C13H11F3N4O3/c1-2-23-12-10(20(21)22)11(17-7-18-12)19-9-5-3-4-8(6-9)13(14,15)16/h3-7H,2H2,1H3,(H,17,18,19). The number of hydrogen-bond donors (Lipinski definition) is 1. The molecule has 23 heavy (non-hydrogen) atoms. The third-order valence-corrected chi connectivity index (χ3v) is 2.70. The Hall–Kier alpha value is -2.91. The molecule has 10 heteroatoms. The van der Waals surface area contributed by atoms with Crippen molar-refractivity contribution in [2.75, 3.05) is 11.9 Å². The number of benzene rings is 1. The lowest BCUT2D eigenvalue weighted by atomic mass is 10.2. The Morgan fingerprint density at radius 1 is 1.35 bits per heavy atom. The highest BCUT2D eigenvalue weighted by Crippen LogP contribution is 2.35. The molecule has 0 aliphatic heterocycles. The maximum atomic E-state index is 12.7. The van der Waals surface area contributed by atoms with Gasteiger partial charge in [0, 0.05) is 5.69 Å². The van der Waals surface area contributed by atoms with E-state index in [9.17, 15) is 23.3 Å². The second-order valence-corrected chi connectivity index (χ2v) is 4.27.